The fraction of sp³-hybridized carbons (Fsp3) is 0.227. The highest BCUT2D eigenvalue weighted by atomic mass is 35.5. The Kier molecular flexibility index (Phi) is 5.62. The molecule has 1 aliphatic rings. The average molecular weight is 409 g/mol. The molecule has 0 aliphatic carbocycles. The van der Waals surface area contributed by atoms with Crippen LogP contribution in [0.15, 0.2) is 60.7 Å². The van der Waals surface area contributed by atoms with Crippen molar-refractivity contribution < 1.29 is 9.59 Å². The molecule has 29 heavy (non-hydrogen) atoms. The quantitative estimate of drug-likeness (QED) is 0.681. The summed E-state index contributed by atoms with van der Waals surface area (Å²) in [5, 5.41) is 7.86. The second-order valence-electron chi connectivity index (χ2n) is 6.98. The lowest BCUT2D eigenvalue weighted by atomic mass is 10.1. The van der Waals surface area contributed by atoms with Crippen LogP contribution in [0.25, 0.3) is 0 Å². The Labute approximate surface area is 174 Å². The lowest BCUT2D eigenvalue weighted by Crippen LogP contribution is -2.39. The van der Waals surface area contributed by atoms with E-state index in [-0.39, 0.29) is 17.5 Å². The smallest absolute Gasteiger partial charge is 0.272 e. The van der Waals surface area contributed by atoms with E-state index < -0.39 is 0 Å². The number of rotatable bonds is 6. The van der Waals surface area contributed by atoms with Gasteiger partial charge in [-0.2, -0.15) is 5.10 Å². The van der Waals surface area contributed by atoms with E-state index in [1.807, 2.05) is 54.6 Å². The van der Waals surface area contributed by atoms with Crippen LogP contribution in [-0.2, 0) is 19.5 Å². The van der Waals surface area contributed by atoms with Gasteiger partial charge in [0.25, 0.3) is 11.8 Å². The van der Waals surface area contributed by atoms with Crippen LogP contribution in [0, 0.1) is 0 Å². The number of halogens is 1. The van der Waals surface area contributed by atoms with Gasteiger partial charge in [-0.1, -0.05) is 54.1 Å². The lowest BCUT2D eigenvalue weighted by Gasteiger charge is -2.27. The van der Waals surface area contributed by atoms with Crippen LogP contribution in [0.3, 0.4) is 0 Å². The van der Waals surface area contributed by atoms with Gasteiger partial charge in [-0.05, 0) is 29.7 Å². The van der Waals surface area contributed by atoms with Crippen molar-refractivity contribution in [3.8, 4) is 0 Å². The summed E-state index contributed by atoms with van der Waals surface area (Å²) in [7, 11) is 0. The van der Waals surface area contributed by atoms with Crippen molar-refractivity contribution in [3.63, 3.8) is 0 Å². The summed E-state index contributed by atoms with van der Waals surface area (Å²) in [6.07, 6.45) is 0.744. The van der Waals surface area contributed by atoms with Gasteiger partial charge in [-0.3, -0.25) is 14.3 Å². The normalized spacial score (nSPS) is 13.3. The summed E-state index contributed by atoms with van der Waals surface area (Å²) in [5.41, 5.74) is 2.88. The second-order valence-corrected chi connectivity index (χ2v) is 7.42. The molecule has 1 N–H and O–H groups in total. The zero-order valence-corrected chi connectivity index (χ0v) is 16.6. The van der Waals surface area contributed by atoms with Crippen molar-refractivity contribution in [2.75, 3.05) is 13.1 Å². The number of fused-ring (bicyclic) bond motifs is 1. The number of benzene rings is 2. The Balaban J connectivity index is 1.38. The van der Waals surface area contributed by atoms with Crippen molar-refractivity contribution in [1.82, 2.24) is 20.0 Å². The van der Waals surface area contributed by atoms with Gasteiger partial charge in [0, 0.05) is 30.7 Å². The van der Waals surface area contributed by atoms with Gasteiger partial charge in [-0.15, -0.1) is 0 Å². The summed E-state index contributed by atoms with van der Waals surface area (Å²) in [6.45, 7) is 2.12. The molecule has 6 nitrogen and oxygen atoms in total. The minimum absolute atomic E-state index is 0.123. The van der Waals surface area contributed by atoms with Gasteiger partial charge in [0.1, 0.15) is 5.69 Å². The third-order valence-electron chi connectivity index (χ3n) is 4.93. The molecule has 2 amide bonds. The predicted molar refractivity (Wildman–Crippen MR) is 111 cm³/mol. The zero-order chi connectivity index (χ0) is 20.2. The van der Waals surface area contributed by atoms with Crippen LogP contribution < -0.4 is 5.32 Å². The maximum atomic E-state index is 12.8. The number of aromatic nitrogens is 2. The number of nitrogens with one attached hydrogen (secondary N) is 1. The van der Waals surface area contributed by atoms with Crippen LogP contribution >= 0.6 is 11.6 Å². The summed E-state index contributed by atoms with van der Waals surface area (Å²) in [6, 6.07) is 19.0. The summed E-state index contributed by atoms with van der Waals surface area (Å²) < 4.78 is 1.62. The second kappa shape index (κ2) is 8.49. The maximum absolute atomic E-state index is 12.8. The first kappa shape index (κ1) is 19.2. The highest BCUT2D eigenvalue weighted by molar-refractivity contribution is 6.30. The molecule has 2 aromatic carbocycles. The molecule has 3 aromatic rings. The molecule has 7 heteroatoms. The molecular weight excluding hydrogens is 388 g/mol. The van der Waals surface area contributed by atoms with E-state index in [9.17, 15) is 9.59 Å². The zero-order valence-electron chi connectivity index (χ0n) is 15.8. The largest absolute Gasteiger partial charge is 0.350 e. The fourth-order valence-electron chi connectivity index (χ4n) is 3.37. The highest BCUT2D eigenvalue weighted by Crippen LogP contribution is 2.18. The molecule has 4 rings (SSSR count). The van der Waals surface area contributed by atoms with Crippen molar-refractivity contribution in [2.24, 2.45) is 0 Å². The van der Waals surface area contributed by atoms with E-state index in [1.54, 1.807) is 15.6 Å². The maximum Gasteiger partial charge on any atom is 0.272 e. The first-order valence-electron chi connectivity index (χ1n) is 9.54. The number of hydrogen-bond acceptors (Lipinski definition) is 3. The molecule has 0 saturated heterocycles. The van der Waals surface area contributed by atoms with Crippen LogP contribution in [-0.4, -0.2) is 39.6 Å². The van der Waals surface area contributed by atoms with E-state index in [0.717, 1.165) is 17.5 Å². The molecule has 2 heterocycles. The molecule has 0 radical (unpaired) electrons. The number of amides is 2. The van der Waals surface area contributed by atoms with Gasteiger partial charge >= 0.3 is 0 Å². The Morgan fingerprint density at radius 1 is 1.03 bits per heavy atom. The molecular formula is C22H21ClN4O2. The molecule has 0 atom stereocenters. The van der Waals surface area contributed by atoms with Crippen LogP contribution in [0.5, 0.6) is 0 Å². The lowest BCUT2D eigenvalue weighted by molar-refractivity contribution is 0.0683. The summed E-state index contributed by atoms with van der Waals surface area (Å²) in [4.78, 5) is 27.0. The molecule has 0 unspecified atom stereocenters. The SMILES string of the molecule is O=C(NCCc1ccccc1)c1cc2n(n1)CCN(Cc1ccc(Cl)cc1)C2=O. The molecule has 1 aromatic heterocycles. The molecule has 0 fully saturated rings. The minimum atomic E-state index is -0.264. The van der Waals surface area contributed by atoms with Gasteiger partial charge < -0.3 is 10.2 Å². The van der Waals surface area contributed by atoms with Gasteiger partial charge in [0.05, 0.1) is 6.54 Å². The Morgan fingerprint density at radius 2 is 1.79 bits per heavy atom. The number of nitrogens with zero attached hydrogens (tertiary/aromatic N) is 3. The summed E-state index contributed by atoms with van der Waals surface area (Å²) >= 11 is 5.92. The Morgan fingerprint density at radius 3 is 2.55 bits per heavy atom. The van der Waals surface area contributed by atoms with Crippen LogP contribution in [0.4, 0.5) is 0 Å². The van der Waals surface area contributed by atoms with Gasteiger partial charge in [-0.25, -0.2) is 0 Å². The molecule has 148 valence electrons. The third-order valence-corrected chi connectivity index (χ3v) is 5.18. The van der Waals surface area contributed by atoms with E-state index in [0.29, 0.717) is 36.9 Å². The average Bonchev–Trinajstić information content (AvgIpc) is 3.18. The predicted octanol–water partition coefficient (Wildman–Crippen LogP) is 3.17. The van der Waals surface area contributed by atoms with E-state index >= 15 is 0 Å². The number of carbonyl (C=O) groups is 2. The van der Waals surface area contributed by atoms with Crippen molar-refractivity contribution >= 4 is 23.4 Å². The fourth-order valence-corrected chi connectivity index (χ4v) is 3.49. The topological polar surface area (TPSA) is 67.2 Å². The summed E-state index contributed by atoms with van der Waals surface area (Å²) in [5.74, 6) is -0.387. The Bertz CT molecular complexity index is 1020. The first-order chi connectivity index (χ1) is 14.1. The molecule has 1 aliphatic heterocycles. The van der Waals surface area contributed by atoms with Crippen molar-refractivity contribution in [1.29, 1.82) is 0 Å². The molecule has 0 bridgehead atoms. The first-order valence-corrected chi connectivity index (χ1v) is 9.91. The number of carbonyl (C=O) groups excluding carboxylic acids is 2. The third kappa shape index (κ3) is 4.49. The molecule has 0 saturated carbocycles. The van der Waals surface area contributed by atoms with E-state index in [4.69, 9.17) is 11.6 Å². The van der Waals surface area contributed by atoms with E-state index in [1.165, 1.54) is 0 Å². The minimum Gasteiger partial charge on any atom is -0.350 e. The monoisotopic (exact) mass is 408 g/mol. The van der Waals surface area contributed by atoms with Crippen LogP contribution in [0.1, 0.15) is 32.1 Å². The van der Waals surface area contributed by atoms with Crippen molar-refractivity contribution in [2.45, 2.75) is 19.5 Å². The molecule has 0 spiro atoms. The van der Waals surface area contributed by atoms with Gasteiger partial charge in [0.2, 0.25) is 0 Å². The van der Waals surface area contributed by atoms with Gasteiger partial charge in [0.15, 0.2) is 5.69 Å². The Hall–Kier alpha value is -3.12. The van der Waals surface area contributed by atoms with E-state index in [2.05, 4.69) is 10.4 Å². The standard InChI is InChI=1S/C22H21ClN4O2/c23-18-8-6-17(7-9-18)15-26-12-13-27-20(22(26)29)14-19(25-27)21(28)24-11-10-16-4-2-1-3-5-16/h1-9,14H,10-13,15H2,(H,24,28). The van der Waals surface area contributed by atoms with Crippen LogP contribution in [0.2, 0.25) is 5.02 Å². The highest BCUT2D eigenvalue weighted by Gasteiger charge is 2.27. The number of hydrogen-bond donors (Lipinski definition) is 1. The van der Waals surface area contributed by atoms with Crippen molar-refractivity contribution in [3.05, 3.63) is 88.2 Å².